The summed E-state index contributed by atoms with van der Waals surface area (Å²) >= 11 is 5.79. The molecule has 21 heavy (non-hydrogen) atoms. The molecule has 0 heterocycles. The van der Waals surface area contributed by atoms with E-state index in [1.165, 1.54) is 0 Å². The molecule has 0 unspecified atom stereocenters. The predicted octanol–water partition coefficient (Wildman–Crippen LogP) is 3.29. The lowest BCUT2D eigenvalue weighted by Crippen LogP contribution is -2.11. The second-order valence-electron chi connectivity index (χ2n) is 4.40. The van der Waals surface area contributed by atoms with E-state index in [1.807, 2.05) is 12.1 Å². The fraction of sp³-hybridized carbons (Fsp3) is 0.188. The highest BCUT2D eigenvalue weighted by molar-refractivity contribution is 6.30. The molecule has 5 heteroatoms. The van der Waals surface area contributed by atoms with Gasteiger partial charge in [0.15, 0.2) is 0 Å². The van der Waals surface area contributed by atoms with Crippen LogP contribution in [0, 0.1) is 0 Å². The first-order valence-corrected chi connectivity index (χ1v) is 6.94. The van der Waals surface area contributed by atoms with Crippen LogP contribution in [0.4, 0.5) is 0 Å². The Balaban J connectivity index is 1.71. The first kappa shape index (κ1) is 15.2. The normalized spacial score (nSPS) is 10.1. The lowest BCUT2D eigenvalue weighted by Gasteiger charge is -2.08. The van der Waals surface area contributed by atoms with E-state index in [-0.39, 0.29) is 0 Å². The van der Waals surface area contributed by atoms with Gasteiger partial charge in [0.2, 0.25) is 5.91 Å². The van der Waals surface area contributed by atoms with E-state index >= 15 is 0 Å². The number of nitrogens with two attached hydrogens (primary N) is 1. The fourth-order valence-electron chi connectivity index (χ4n) is 1.71. The molecule has 2 aromatic carbocycles. The van der Waals surface area contributed by atoms with Gasteiger partial charge >= 0.3 is 0 Å². The summed E-state index contributed by atoms with van der Waals surface area (Å²) in [5.74, 6) is 0.930. The van der Waals surface area contributed by atoms with Gasteiger partial charge in [0.25, 0.3) is 0 Å². The molecule has 0 aliphatic rings. The average molecular weight is 306 g/mol. The van der Waals surface area contributed by atoms with Crippen molar-refractivity contribution in [1.29, 1.82) is 0 Å². The summed E-state index contributed by atoms with van der Waals surface area (Å²) in [5, 5.41) is 0.681. The second-order valence-corrected chi connectivity index (χ2v) is 4.83. The van der Waals surface area contributed by atoms with Crippen molar-refractivity contribution in [1.82, 2.24) is 0 Å². The zero-order chi connectivity index (χ0) is 15.1. The third-order valence-electron chi connectivity index (χ3n) is 2.76. The van der Waals surface area contributed by atoms with Crippen LogP contribution < -0.4 is 15.2 Å². The van der Waals surface area contributed by atoms with E-state index in [0.29, 0.717) is 29.5 Å². The van der Waals surface area contributed by atoms with Gasteiger partial charge < -0.3 is 15.2 Å². The van der Waals surface area contributed by atoms with Crippen LogP contribution in [0.5, 0.6) is 11.5 Å². The zero-order valence-corrected chi connectivity index (χ0v) is 12.2. The Bertz CT molecular complexity index is 599. The molecule has 2 rings (SSSR count). The van der Waals surface area contributed by atoms with E-state index in [0.717, 1.165) is 12.2 Å². The molecule has 0 radical (unpaired) electrons. The number of carbonyl (C=O) groups is 1. The van der Waals surface area contributed by atoms with Crippen molar-refractivity contribution in [2.75, 3.05) is 13.2 Å². The molecule has 2 N–H and O–H groups in total. The predicted molar refractivity (Wildman–Crippen MR) is 82.0 cm³/mol. The van der Waals surface area contributed by atoms with Crippen LogP contribution in [0.3, 0.4) is 0 Å². The van der Waals surface area contributed by atoms with Gasteiger partial charge in [-0.2, -0.15) is 0 Å². The van der Waals surface area contributed by atoms with Crippen LogP contribution in [0.2, 0.25) is 5.02 Å². The van der Waals surface area contributed by atoms with Crippen LogP contribution >= 0.6 is 11.6 Å². The van der Waals surface area contributed by atoms with Crippen LogP contribution in [0.15, 0.2) is 48.5 Å². The van der Waals surface area contributed by atoms with Gasteiger partial charge in [0, 0.05) is 17.0 Å². The molecule has 0 atom stereocenters. The quantitative estimate of drug-likeness (QED) is 0.798. The fourth-order valence-corrected chi connectivity index (χ4v) is 1.83. The number of halogens is 1. The van der Waals surface area contributed by atoms with E-state index in [2.05, 4.69) is 0 Å². The maximum Gasteiger partial charge on any atom is 0.248 e. The van der Waals surface area contributed by atoms with Crippen LogP contribution in [0.1, 0.15) is 16.8 Å². The largest absolute Gasteiger partial charge is 0.493 e. The van der Waals surface area contributed by atoms with Gasteiger partial charge in [-0.25, -0.2) is 0 Å². The minimum absolute atomic E-state index is 0.435. The Morgan fingerprint density at radius 2 is 1.67 bits per heavy atom. The number of rotatable bonds is 7. The third kappa shape index (κ3) is 5.00. The van der Waals surface area contributed by atoms with Crippen molar-refractivity contribution in [3.63, 3.8) is 0 Å². The Labute approximate surface area is 128 Å². The number of amides is 1. The van der Waals surface area contributed by atoms with Crippen molar-refractivity contribution in [3.05, 3.63) is 59.1 Å². The minimum Gasteiger partial charge on any atom is -0.493 e. The number of benzene rings is 2. The number of hydrogen-bond acceptors (Lipinski definition) is 3. The first-order valence-electron chi connectivity index (χ1n) is 6.56. The van der Waals surface area contributed by atoms with Gasteiger partial charge in [-0.1, -0.05) is 17.7 Å². The van der Waals surface area contributed by atoms with Crippen molar-refractivity contribution in [2.45, 2.75) is 6.42 Å². The van der Waals surface area contributed by atoms with Gasteiger partial charge in [0.1, 0.15) is 11.5 Å². The van der Waals surface area contributed by atoms with Gasteiger partial charge in [0.05, 0.1) is 13.2 Å². The summed E-state index contributed by atoms with van der Waals surface area (Å²) in [6, 6.07) is 14.0. The molecule has 4 nitrogen and oxygen atoms in total. The monoisotopic (exact) mass is 305 g/mol. The zero-order valence-electron chi connectivity index (χ0n) is 11.4. The summed E-state index contributed by atoms with van der Waals surface area (Å²) in [4.78, 5) is 11.0. The number of hydrogen-bond donors (Lipinski definition) is 1. The second kappa shape index (κ2) is 7.55. The summed E-state index contributed by atoms with van der Waals surface area (Å²) < 4.78 is 11.1. The number of carbonyl (C=O) groups excluding carboxylic acids is 1. The topological polar surface area (TPSA) is 61.6 Å². The highest BCUT2D eigenvalue weighted by Crippen LogP contribution is 2.16. The van der Waals surface area contributed by atoms with Crippen LogP contribution in [-0.4, -0.2) is 19.1 Å². The molecule has 0 saturated carbocycles. The Hall–Kier alpha value is -2.20. The summed E-state index contributed by atoms with van der Waals surface area (Å²) in [5.41, 5.74) is 5.65. The molecule has 0 aliphatic carbocycles. The molecular weight excluding hydrogens is 290 g/mol. The van der Waals surface area contributed by atoms with Gasteiger partial charge in [-0.05, 0) is 42.5 Å². The number of primary amides is 1. The van der Waals surface area contributed by atoms with E-state index < -0.39 is 5.91 Å². The van der Waals surface area contributed by atoms with E-state index in [1.54, 1.807) is 36.4 Å². The maximum atomic E-state index is 11.0. The smallest absolute Gasteiger partial charge is 0.248 e. The standard InChI is InChI=1S/C16H16ClNO3/c17-13-5-7-14(8-6-13)20-9-2-10-21-15-4-1-3-12(11-15)16(18)19/h1,3-8,11H,2,9-10H2,(H2,18,19). The summed E-state index contributed by atoms with van der Waals surface area (Å²) in [6.45, 7) is 1.03. The number of ether oxygens (including phenoxy) is 2. The highest BCUT2D eigenvalue weighted by atomic mass is 35.5. The highest BCUT2D eigenvalue weighted by Gasteiger charge is 2.02. The summed E-state index contributed by atoms with van der Waals surface area (Å²) in [6.07, 6.45) is 0.726. The summed E-state index contributed by atoms with van der Waals surface area (Å²) in [7, 11) is 0. The average Bonchev–Trinajstić information content (AvgIpc) is 2.49. The molecule has 110 valence electrons. The SMILES string of the molecule is NC(=O)c1cccc(OCCCOc2ccc(Cl)cc2)c1. The molecule has 0 aliphatic heterocycles. The molecule has 0 spiro atoms. The van der Waals surface area contributed by atoms with Crippen molar-refractivity contribution in [2.24, 2.45) is 5.73 Å². The van der Waals surface area contributed by atoms with Gasteiger partial charge in [-0.15, -0.1) is 0 Å². The lowest BCUT2D eigenvalue weighted by atomic mass is 10.2. The minimum atomic E-state index is -0.466. The third-order valence-corrected chi connectivity index (χ3v) is 3.01. The Kier molecular flexibility index (Phi) is 5.46. The molecule has 1 amide bonds. The molecule has 2 aromatic rings. The Morgan fingerprint density at radius 3 is 2.33 bits per heavy atom. The molecule has 0 bridgehead atoms. The van der Waals surface area contributed by atoms with Crippen molar-refractivity contribution < 1.29 is 14.3 Å². The Morgan fingerprint density at radius 1 is 1.00 bits per heavy atom. The van der Waals surface area contributed by atoms with Crippen molar-refractivity contribution >= 4 is 17.5 Å². The van der Waals surface area contributed by atoms with Gasteiger partial charge in [-0.3, -0.25) is 4.79 Å². The molecular formula is C16H16ClNO3. The molecule has 0 aromatic heterocycles. The first-order chi connectivity index (χ1) is 10.1. The van der Waals surface area contributed by atoms with E-state index in [4.69, 9.17) is 26.8 Å². The van der Waals surface area contributed by atoms with Crippen molar-refractivity contribution in [3.8, 4) is 11.5 Å². The lowest BCUT2D eigenvalue weighted by molar-refractivity contribution is 0.0999. The molecule has 0 saturated heterocycles. The van der Waals surface area contributed by atoms with Crippen LogP contribution in [-0.2, 0) is 0 Å². The van der Waals surface area contributed by atoms with E-state index in [9.17, 15) is 4.79 Å². The maximum absolute atomic E-state index is 11.0. The molecule has 0 fully saturated rings. The van der Waals surface area contributed by atoms with Crippen LogP contribution in [0.25, 0.3) is 0 Å².